The van der Waals surface area contributed by atoms with E-state index < -0.39 is 0 Å². The molecule has 31 heavy (non-hydrogen) atoms. The molecule has 0 radical (unpaired) electrons. The van der Waals surface area contributed by atoms with E-state index in [1.165, 1.54) is 5.56 Å². The summed E-state index contributed by atoms with van der Waals surface area (Å²) in [4.78, 5) is 10.0. The van der Waals surface area contributed by atoms with Crippen molar-refractivity contribution in [2.75, 3.05) is 7.11 Å². The van der Waals surface area contributed by atoms with Crippen molar-refractivity contribution in [2.24, 2.45) is 11.8 Å². The number of nitrogens with zero attached hydrogens (tertiary/aromatic N) is 2. The Morgan fingerprint density at radius 2 is 1.52 bits per heavy atom. The van der Waals surface area contributed by atoms with Crippen LogP contribution in [0.4, 0.5) is 0 Å². The third-order valence-electron chi connectivity index (χ3n) is 6.36. The Kier molecular flexibility index (Phi) is 8.50. The van der Waals surface area contributed by atoms with Crippen molar-refractivity contribution in [3.63, 3.8) is 0 Å². The first-order chi connectivity index (χ1) is 14.6. The van der Waals surface area contributed by atoms with Crippen molar-refractivity contribution >= 4 is 0 Å². The summed E-state index contributed by atoms with van der Waals surface area (Å²) in [6, 6.07) is 6.50. The first-order valence-electron chi connectivity index (χ1n) is 11.8. The number of methoxy groups -OCH3 is 1. The van der Waals surface area contributed by atoms with E-state index in [2.05, 4.69) is 80.5 Å². The normalized spacial score (nSPS) is 12.2. The Morgan fingerprint density at radius 1 is 0.903 bits per heavy atom. The van der Waals surface area contributed by atoms with Gasteiger partial charge in [-0.1, -0.05) is 68.4 Å². The molecule has 0 N–H and O–H groups in total. The van der Waals surface area contributed by atoms with Crippen LogP contribution in [0.1, 0.15) is 85.7 Å². The van der Waals surface area contributed by atoms with Crippen LogP contribution in [0.15, 0.2) is 18.2 Å². The van der Waals surface area contributed by atoms with Crippen LogP contribution in [-0.4, -0.2) is 23.2 Å². The molecule has 4 heteroatoms. The number of aryl methyl sites for hydroxylation is 2. The topological polar surface area (TPSA) is 44.2 Å². The molecule has 1 aromatic heterocycles. The fraction of sp³-hybridized carbons (Fsp3) is 0.630. The van der Waals surface area contributed by atoms with Gasteiger partial charge in [0.1, 0.15) is 17.5 Å². The number of rotatable bonds is 10. The highest BCUT2D eigenvalue weighted by Crippen LogP contribution is 2.37. The molecule has 0 atom stereocenters. The Labute approximate surface area is 189 Å². The van der Waals surface area contributed by atoms with E-state index in [9.17, 15) is 0 Å². The second-order valence-corrected chi connectivity index (χ2v) is 9.70. The van der Waals surface area contributed by atoms with Gasteiger partial charge in [-0.3, -0.25) is 0 Å². The zero-order valence-corrected chi connectivity index (χ0v) is 21.3. The molecule has 1 heterocycles. The predicted octanol–water partition coefficient (Wildman–Crippen LogP) is 7.02. The van der Waals surface area contributed by atoms with Gasteiger partial charge in [0.05, 0.1) is 18.5 Å². The molecule has 4 nitrogen and oxygen atoms in total. The van der Waals surface area contributed by atoms with Gasteiger partial charge in [-0.2, -0.15) is 0 Å². The molecule has 1 aromatic carbocycles. The molecule has 0 aliphatic heterocycles. The van der Waals surface area contributed by atoms with E-state index in [-0.39, 0.29) is 11.5 Å². The number of hydrogen-bond acceptors (Lipinski definition) is 4. The molecule has 0 aliphatic rings. The zero-order valence-electron chi connectivity index (χ0n) is 21.3. The number of hydrogen-bond donors (Lipinski definition) is 0. The van der Waals surface area contributed by atoms with Gasteiger partial charge in [0, 0.05) is 5.56 Å². The lowest BCUT2D eigenvalue weighted by molar-refractivity contribution is 0.0976. The Morgan fingerprint density at radius 3 is 2.00 bits per heavy atom. The van der Waals surface area contributed by atoms with Gasteiger partial charge in [-0.15, -0.1) is 0 Å². The maximum atomic E-state index is 6.42. The van der Waals surface area contributed by atoms with Gasteiger partial charge in [0.25, 0.3) is 0 Å². The quantitative estimate of drug-likeness (QED) is 0.409. The first kappa shape index (κ1) is 25.2. The molecule has 0 unspecified atom stereocenters. The largest absolute Gasteiger partial charge is 0.496 e. The molecule has 0 aliphatic carbocycles. The minimum absolute atomic E-state index is 0.0973. The van der Waals surface area contributed by atoms with Gasteiger partial charge in [0.2, 0.25) is 5.88 Å². The zero-order chi connectivity index (χ0) is 23.3. The molecule has 0 amide bonds. The summed E-state index contributed by atoms with van der Waals surface area (Å²) in [7, 11) is 1.73. The van der Waals surface area contributed by atoms with Crippen LogP contribution in [0, 0.1) is 11.8 Å². The maximum Gasteiger partial charge on any atom is 0.236 e. The summed E-state index contributed by atoms with van der Waals surface area (Å²) >= 11 is 0. The van der Waals surface area contributed by atoms with Crippen molar-refractivity contribution in [1.82, 2.24) is 9.97 Å². The lowest BCUT2D eigenvalue weighted by atomic mass is 9.81. The average molecular weight is 427 g/mol. The van der Waals surface area contributed by atoms with E-state index in [4.69, 9.17) is 19.4 Å². The Bertz CT molecular complexity index is 864. The lowest BCUT2D eigenvalue weighted by Gasteiger charge is -2.27. The van der Waals surface area contributed by atoms with E-state index in [0.29, 0.717) is 17.7 Å². The minimum atomic E-state index is 0.0973. The molecule has 0 fully saturated rings. The van der Waals surface area contributed by atoms with Crippen LogP contribution < -0.4 is 9.47 Å². The van der Waals surface area contributed by atoms with Crippen molar-refractivity contribution in [3.8, 4) is 22.9 Å². The van der Waals surface area contributed by atoms with Crippen LogP contribution in [0.3, 0.4) is 0 Å². The summed E-state index contributed by atoms with van der Waals surface area (Å²) in [5.41, 5.74) is 5.11. The summed E-state index contributed by atoms with van der Waals surface area (Å²) in [6.07, 6.45) is 2.72. The molecule has 172 valence electrons. The second-order valence-electron chi connectivity index (χ2n) is 9.70. The standard InChI is InChI=1S/C27H42N2O2/c1-11-21-24(20-15-14-19(16-23(20)30-10)27(8,9)13-3)28-22(12-2)26(29-21)31-25(17(4)5)18(6)7/h14-18,25H,11-13H2,1-10H3. The number of aromatic nitrogens is 2. The smallest absolute Gasteiger partial charge is 0.236 e. The van der Waals surface area contributed by atoms with Crippen molar-refractivity contribution in [3.05, 3.63) is 35.2 Å². The molecule has 2 rings (SSSR count). The lowest BCUT2D eigenvalue weighted by Crippen LogP contribution is -2.30. The summed E-state index contributed by atoms with van der Waals surface area (Å²) < 4.78 is 12.2. The molecule has 2 aromatic rings. The third kappa shape index (κ3) is 5.58. The molecule has 0 spiro atoms. The molecule has 0 saturated carbocycles. The van der Waals surface area contributed by atoms with Crippen molar-refractivity contribution in [1.29, 1.82) is 0 Å². The van der Waals surface area contributed by atoms with Crippen molar-refractivity contribution in [2.45, 2.75) is 93.1 Å². The fourth-order valence-corrected chi connectivity index (χ4v) is 3.96. The highest BCUT2D eigenvalue weighted by atomic mass is 16.5. The molecular weight excluding hydrogens is 384 g/mol. The van der Waals surface area contributed by atoms with E-state index in [1.807, 2.05) is 0 Å². The molecular formula is C27H42N2O2. The van der Waals surface area contributed by atoms with E-state index in [0.717, 1.165) is 47.7 Å². The van der Waals surface area contributed by atoms with Gasteiger partial charge in [-0.25, -0.2) is 9.97 Å². The highest BCUT2D eigenvalue weighted by Gasteiger charge is 2.25. The van der Waals surface area contributed by atoms with Gasteiger partial charge < -0.3 is 9.47 Å². The van der Waals surface area contributed by atoms with Crippen LogP contribution in [-0.2, 0) is 18.3 Å². The van der Waals surface area contributed by atoms with E-state index >= 15 is 0 Å². The van der Waals surface area contributed by atoms with Gasteiger partial charge in [-0.05, 0) is 54.2 Å². The second kappa shape index (κ2) is 10.5. The first-order valence-corrected chi connectivity index (χ1v) is 11.8. The maximum absolute atomic E-state index is 6.42. The third-order valence-corrected chi connectivity index (χ3v) is 6.36. The van der Waals surface area contributed by atoms with Crippen molar-refractivity contribution < 1.29 is 9.47 Å². The highest BCUT2D eigenvalue weighted by molar-refractivity contribution is 5.70. The number of ether oxygens (including phenoxy) is 2. The van der Waals surface area contributed by atoms with Gasteiger partial charge in [0.15, 0.2) is 0 Å². The fourth-order valence-electron chi connectivity index (χ4n) is 3.96. The SMILES string of the molecule is CCc1nc(-c2ccc(C(C)(C)CC)cc2OC)c(CC)nc1OC(C(C)C)C(C)C. The Balaban J connectivity index is 2.60. The Hall–Kier alpha value is -2.10. The average Bonchev–Trinajstić information content (AvgIpc) is 2.75. The minimum Gasteiger partial charge on any atom is -0.496 e. The summed E-state index contributed by atoms with van der Waals surface area (Å²) in [5, 5.41) is 0. The van der Waals surface area contributed by atoms with E-state index in [1.54, 1.807) is 7.11 Å². The van der Waals surface area contributed by atoms with Gasteiger partial charge >= 0.3 is 0 Å². The van der Waals surface area contributed by atoms with Crippen LogP contribution >= 0.6 is 0 Å². The van der Waals surface area contributed by atoms with Crippen LogP contribution in [0.5, 0.6) is 11.6 Å². The predicted molar refractivity (Wildman–Crippen MR) is 130 cm³/mol. The van der Waals surface area contributed by atoms with Crippen LogP contribution in [0.25, 0.3) is 11.3 Å². The summed E-state index contributed by atoms with van der Waals surface area (Å²) in [6.45, 7) is 19.8. The molecule has 0 bridgehead atoms. The number of benzene rings is 1. The van der Waals surface area contributed by atoms with Crippen LogP contribution in [0.2, 0.25) is 0 Å². The summed E-state index contributed by atoms with van der Waals surface area (Å²) in [5.74, 6) is 2.34. The molecule has 0 saturated heterocycles. The monoisotopic (exact) mass is 426 g/mol.